The van der Waals surface area contributed by atoms with Gasteiger partial charge in [-0.1, -0.05) is 11.8 Å². The summed E-state index contributed by atoms with van der Waals surface area (Å²) >= 11 is 0. The number of hydrogen-bond acceptors (Lipinski definition) is 3. The lowest BCUT2D eigenvalue weighted by Crippen LogP contribution is -1.97. The molecule has 0 aliphatic carbocycles. The molecule has 0 bridgehead atoms. The van der Waals surface area contributed by atoms with Crippen molar-refractivity contribution in [3.8, 4) is 11.8 Å². The number of carboxylic acid groups (broad SMARTS) is 1. The Bertz CT molecular complexity index is 390. The molecule has 1 heterocycles. The number of hydrogen-bond donors (Lipinski definition) is 2. The molecule has 0 atom stereocenters. The molecule has 0 aliphatic rings. The molecule has 0 saturated heterocycles. The van der Waals surface area contributed by atoms with Gasteiger partial charge in [-0.25, -0.2) is 4.79 Å². The van der Waals surface area contributed by atoms with Crippen LogP contribution in [0.4, 0.5) is 0 Å². The van der Waals surface area contributed by atoms with Crippen molar-refractivity contribution in [3.63, 3.8) is 0 Å². The van der Waals surface area contributed by atoms with E-state index in [4.69, 9.17) is 10.2 Å². The summed E-state index contributed by atoms with van der Waals surface area (Å²) in [5.74, 6) is 4.36. The number of aliphatic hydroxyl groups is 1. The summed E-state index contributed by atoms with van der Waals surface area (Å²) in [6.07, 6.45) is 3.12. The van der Waals surface area contributed by atoms with Gasteiger partial charge in [0.2, 0.25) is 0 Å². The fraction of sp³-hybridized carbons (Fsp3) is 0.200. The lowest BCUT2D eigenvalue weighted by atomic mass is 10.2. The van der Waals surface area contributed by atoms with Gasteiger partial charge in [0.1, 0.15) is 0 Å². The first kappa shape index (κ1) is 10.2. The Balaban J connectivity index is 2.85. The van der Waals surface area contributed by atoms with Gasteiger partial charge >= 0.3 is 5.97 Å². The average Bonchev–Trinajstić information content (AvgIpc) is 2.19. The first-order valence-corrected chi connectivity index (χ1v) is 4.02. The highest BCUT2D eigenvalue weighted by Gasteiger charge is 2.01. The quantitative estimate of drug-likeness (QED) is 0.668. The molecule has 14 heavy (non-hydrogen) atoms. The second-order valence-electron chi connectivity index (χ2n) is 2.54. The van der Waals surface area contributed by atoms with E-state index in [-0.39, 0.29) is 12.2 Å². The summed E-state index contributed by atoms with van der Waals surface area (Å²) in [4.78, 5) is 14.3. The molecule has 0 saturated carbocycles. The summed E-state index contributed by atoms with van der Waals surface area (Å²) in [6.45, 7) is -0.000943. The molecule has 1 aromatic rings. The molecular weight excluding hydrogens is 182 g/mol. The SMILES string of the molecule is O=C(O)c1cncc(C#CCCO)c1. The van der Waals surface area contributed by atoms with Crippen molar-refractivity contribution < 1.29 is 15.0 Å². The maximum atomic E-state index is 10.6. The topological polar surface area (TPSA) is 70.4 Å². The van der Waals surface area contributed by atoms with Gasteiger partial charge in [0, 0.05) is 24.4 Å². The number of nitrogens with zero attached hydrogens (tertiary/aromatic N) is 1. The van der Waals surface area contributed by atoms with Crippen molar-refractivity contribution in [3.05, 3.63) is 29.6 Å². The van der Waals surface area contributed by atoms with Gasteiger partial charge in [0.05, 0.1) is 12.2 Å². The van der Waals surface area contributed by atoms with Crippen LogP contribution >= 0.6 is 0 Å². The van der Waals surface area contributed by atoms with Crippen molar-refractivity contribution >= 4 is 5.97 Å². The van der Waals surface area contributed by atoms with Gasteiger partial charge in [-0.05, 0) is 6.07 Å². The number of aromatic carboxylic acids is 1. The highest BCUT2D eigenvalue weighted by molar-refractivity contribution is 5.87. The molecule has 0 unspecified atom stereocenters. The smallest absolute Gasteiger partial charge is 0.337 e. The number of rotatable bonds is 2. The van der Waals surface area contributed by atoms with E-state index in [0.717, 1.165) is 0 Å². The Kier molecular flexibility index (Phi) is 3.65. The van der Waals surface area contributed by atoms with E-state index in [2.05, 4.69) is 16.8 Å². The normalized spacial score (nSPS) is 8.93. The van der Waals surface area contributed by atoms with E-state index in [1.807, 2.05) is 0 Å². The fourth-order valence-electron chi connectivity index (χ4n) is 0.846. The van der Waals surface area contributed by atoms with Gasteiger partial charge in [-0.2, -0.15) is 0 Å². The van der Waals surface area contributed by atoms with Crippen LogP contribution in [0, 0.1) is 11.8 Å². The van der Waals surface area contributed by atoms with E-state index >= 15 is 0 Å². The van der Waals surface area contributed by atoms with E-state index < -0.39 is 5.97 Å². The van der Waals surface area contributed by atoms with Crippen LogP contribution in [-0.4, -0.2) is 27.8 Å². The largest absolute Gasteiger partial charge is 0.478 e. The minimum atomic E-state index is -1.02. The van der Waals surface area contributed by atoms with Gasteiger partial charge < -0.3 is 10.2 Å². The van der Waals surface area contributed by atoms with Crippen LogP contribution in [0.5, 0.6) is 0 Å². The molecular formula is C10H9NO3. The molecule has 2 N–H and O–H groups in total. The molecule has 0 radical (unpaired) electrons. The predicted molar refractivity (Wildman–Crippen MR) is 49.8 cm³/mol. The fourth-order valence-corrected chi connectivity index (χ4v) is 0.846. The van der Waals surface area contributed by atoms with E-state index in [1.165, 1.54) is 18.5 Å². The van der Waals surface area contributed by atoms with Gasteiger partial charge in [-0.3, -0.25) is 4.98 Å². The maximum Gasteiger partial charge on any atom is 0.337 e. The van der Waals surface area contributed by atoms with Gasteiger partial charge in [0.25, 0.3) is 0 Å². The molecule has 0 aliphatic heterocycles. The van der Waals surface area contributed by atoms with Crippen LogP contribution in [0.25, 0.3) is 0 Å². The Morgan fingerprint density at radius 2 is 2.29 bits per heavy atom. The van der Waals surface area contributed by atoms with Gasteiger partial charge in [0.15, 0.2) is 0 Å². The van der Waals surface area contributed by atoms with Crippen molar-refractivity contribution in [2.45, 2.75) is 6.42 Å². The van der Waals surface area contributed by atoms with Crippen molar-refractivity contribution in [2.24, 2.45) is 0 Å². The highest BCUT2D eigenvalue weighted by Crippen LogP contribution is 2.00. The zero-order valence-corrected chi connectivity index (χ0v) is 7.40. The number of carbonyl (C=O) groups is 1. The molecule has 0 spiro atoms. The number of pyridine rings is 1. The summed E-state index contributed by atoms with van der Waals surface area (Å²) in [6, 6.07) is 1.44. The van der Waals surface area contributed by atoms with Crippen molar-refractivity contribution in [1.29, 1.82) is 0 Å². The molecule has 0 fully saturated rings. The lowest BCUT2D eigenvalue weighted by Gasteiger charge is -1.93. The van der Waals surface area contributed by atoms with Gasteiger partial charge in [-0.15, -0.1) is 0 Å². The molecule has 4 nitrogen and oxygen atoms in total. The number of aromatic nitrogens is 1. The van der Waals surface area contributed by atoms with E-state index in [1.54, 1.807) is 0 Å². The third kappa shape index (κ3) is 2.88. The molecule has 1 rings (SSSR count). The Morgan fingerprint density at radius 1 is 1.50 bits per heavy atom. The molecule has 0 aromatic carbocycles. The lowest BCUT2D eigenvalue weighted by molar-refractivity contribution is 0.0696. The minimum absolute atomic E-state index is 0.000943. The zero-order valence-electron chi connectivity index (χ0n) is 7.40. The van der Waals surface area contributed by atoms with Crippen molar-refractivity contribution in [2.75, 3.05) is 6.61 Å². The Labute approximate surface area is 81.2 Å². The van der Waals surface area contributed by atoms with Crippen LogP contribution in [0.3, 0.4) is 0 Å². The van der Waals surface area contributed by atoms with E-state index in [9.17, 15) is 4.79 Å². The number of aliphatic hydroxyl groups excluding tert-OH is 1. The Morgan fingerprint density at radius 3 is 2.93 bits per heavy atom. The molecule has 0 amide bonds. The third-order valence-corrected chi connectivity index (χ3v) is 1.45. The molecule has 1 aromatic heterocycles. The summed E-state index contributed by atoms with van der Waals surface area (Å²) in [7, 11) is 0. The third-order valence-electron chi connectivity index (χ3n) is 1.45. The Hall–Kier alpha value is -1.86. The minimum Gasteiger partial charge on any atom is -0.478 e. The summed E-state index contributed by atoms with van der Waals surface area (Å²) in [5, 5.41) is 17.1. The number of carboxylic acids is 1. The van der Waals surface area contributed by atoms with Crippen molar-refractivity contribution in [1.82, 2.24) is 4.98 Å². The van der Waals surface area contributed by atoms with Crippen LogP contribution in [0.15, 0.2) is 18.5 Å². The molecule has 72 valence electrons. The van der Waals surface area contributed by atoms with Crippen LogP contribution < -0.4 is 0 Å². The van der Waals surface area contributed by atoms with Crippen LogP contribution in [-0.2, 0) is 0 Å². The van der Waals surface area contributed by atoms with Crippen LogP contribution in [0.1, 0.15) is 22.3 Å². The monoisotopic (exact) mass is 191 g/mol. The summed E-state index contributed by atoms with van der Waals surface area (Å²) in [5.41, 5.74) is 0.652. The van der Waals surface area contributed by atoms with Crippen LogP contribution in [0.2, 0.25) is 0 Å². The first-order chi connectivity index (χ1) is 6.74. The standard InChI is InChI=1S/C10H9NO3/c12-4-2-1-3-8-5-9(10(13)14)7-11-6-8/h5-7,12H,2,4H2,(H,13,14). The zero-order chi connectivity index (χ0) is 10.4. The maximum absolute atomic E-state index is 10.6. The van der Waals surface area contributed by atoms with E-state index in [0.29, 0.717) is 12.0 Å². The molecule has 4 heteroatoms. The summed E-state index contributed by atoms with van der Waals surface area (Å²) < 4.78 is 0. The average molecular weight is 191 g/mol. The predicted octanol–water partition coefficient (Wildman–Crippen LogP) is 0.514. The second kappa shape index (κ2) is 5.00. The highest BCUT2D eigenvalue weighted by atomic mass is 16.4. The second-order valence-corrected chi connectivity index (χ2v) is 2.54. The first-order valence-electron chi connectivity index (χ1n) is 4.02.